The molecule has 0 aromatic carbocycles. The van der Waals surface area contributed by atoms with Gasteiger partial charge in [0.1, 0.15) is 0 Å². The average molecular weight is 378 g/mol. The van der Waals surface area contributed by atoms with E-state index in [4.69, 9.17) is 4.99 Å². The summed E-state index contributed by atoms with van der Waals surface area (Å²) in [6.45, 7) is 12.8. The molecule has 2 N–H and O–H groups in total. The number of carbonyl (C=O) groups excluding carboxylic acids is 1. The lowest BCUT2D eigenvalue weighted by molar-refractivity contribution is -0.138. The lowest BCUT2D eigenvalue weighted by Gasteiger charge is -2.33. The van der Waals surface area contributed by atoms with Crippen LogP contribution in [0.2, 0.25) is 0 Å². The Bertz CT molecular complexity index is 529. The first kappa shape index (κ1) is 21.7. The quantitative estimate of drug-likeness (QED) is 0.406. The number of aliphatic imine (C=N–C) groups is 1. The van der Waals surface area contributed by atoms with Gasteiger partial charge in [-0.2, -0.15) is 0 Å². The van der Waals surface area contributed by atoms with Crippen molar-refractivity contribution >= 4 is 11.9 Å². The van der Waals surface area contributed by atoms with Crippen molar-refractivity contribution in [1.82, 2.24) is 20.4 Å². The summed E-state index contributed by atoms with van der Waals surface area (Å²) >= 11 is 0. The Hall–Kier alpha value is -1.56. The Morgan fingerprint density at radius 2 is 1.89 bits per heavy atom. The van der Waals surface area contributed by atoms with Crippen LogP contribution < -0.4 is 10.6 Å². The van der Waals surface area contributed by atoms with Gasteiger partial charge in [0.15, 0.2) is 5.96 Å². The molecule has 0 aromatic heterocycles. The minimum atomic E-state index is -0.309. The first-order chi connectivity index (χ1) is 12.9. The molecule has 1 heterocycles. The summed E-state index contributed by atoms with van der Waals surface area (Å²) in [5.74, 6) is 1.08. The molecule has 2 rings (SSSR count). The zero-order valence-corrected chi connectivity index (χ0v) is 17.8. The Balaban J connectivity index is 1.96. The standard InChI is InChI=1S/C21H39N5O/c1-6-22-20(24-18-9-13-26(14-10-18)15-17(2)3)23-16-21(11-7-8-12-21)19(27)25(4)5/h18H,2,6-16H2,1,3-5H3,(H2,22,23,24). The summed E-state index contributed by atoms with van der Waals surface area (Å²) < 4.78 is 0. The molecule has 0 bridgehead atoms. The summed E-state index contributed by atoms with van der Waals surface area (Å²) in [5.41, 5.74) is 0.917. The maximum Gasteiger partial charge on any atom is 0.230 e. The zero-order valence-electron chi connectivity index (χ0n) is 17.8. The van der Waals surface area contributed by atoms with Crippen molar-refractivity contribution < 1.29 is 4.79 Å². The highest BCUT2D eigenvalue weighted by atomic mass is 16.2. The van der Waals surface area contributed by atoms with Crippen LogP contribution in [0.25, 0.3) is 0 Å². The second-order valence-electron chi connectivity index (χ2n) is 8.53. The lowest BCUT2D eigenvalue weighted by Crippen LogP contribution is -2.49. The van der Waals surface area contributed by atoms with E-state index in [0.717, 1.165) is 70.7 Å². The number of carbonyl (C=O) groups is 1. The van der Waals surface area contributed by atoms with Gasteiger partial charge in [0.05, 0.1) is 12.0 Å². The molecule has 1 amide bonds. The predicted octanol–water partition coefficient (Wildman–Crippen LogP) is 2.23. The van der Waals surface area contributed by atoms with Gasteiger partial charge < -0.3 is 15.5 Å². The van der Waals surface area contributed by atoms with Crippen molar-refractivity contribution in [2.24, 2.45) is 10.4 Å². The maximum atomic E-state index is 12.8. The molecule has 2 aliphatic rings. The van der Waals surface area contributed by atoms with Crippen LogP contribution >= 0.6 is 0 Å². The number of hydrogen-bond donors (Lipinski definition) is 2. The van der Waals surface area contributed by atoms with E-state index in [1.807, 2.05) is 14.1 Å². The van der Waals surface area contributed by atoms with Crippen molar-refractivity contribution in [3.63, 3.8) is 0 Å². The van der Waals surface area contributed by atoms with E-state index in [1.54, 1.807) is 4.90 Å². The zero-order chi connectivity index (χ0) is 19.9. The molecule has 0 radical (unpaired) electrons. The SMILES string of the molecule is C=C(C)CN1CCC(NC(=NCC2(C(=O)N(C)C)CCCC2)NCC)CC1. The molecule has 154 valence electrons. The summed E-state index contributed by atoms with van der Waals surface area (Å²) in [6, 6.07) is 0.438. The summed E-state index contributed by atoms with van der Waals surface area (Å²) in [4.78, 5) is 21.8. The van der Waals surface area contributed by atoms with Gasteiger partial charge in [-0.05, 0) is 39.5 Å². The number of nitrogens with zero attached hydrogens (tertiary/aromatic N) is 3. The van der Waals surface area contributed by atoms with Gasteiger partial charge in [-0.3, -0.25) is 14.7 Å². The smallest absolute Gasteiger partial charge is 0.230 e. The molecule has 0 atom stereocenters. The molecule has 27 heavy (non-hydrogen) atoms. The van der Waals surface area contributed by atoms with Crippen LogP contribution in [0.3, 0.4) is 0 Å². The van der Waals surface area contributed by atoms with E-state index in [2.05, 4.69) is 36.0 Å². The topological polar surface area (TPSA) is 60.0 Å². The normalized spacial score (nSPS) is 21.1. The number of likely N-dealkylation sites (tertiary alicyclic amines) is 1. The van der Waals surface area contributed by atoms with E-state index in [0.29, 0.717) is 12.6 Å². The van der Waals surface area contributed by atoms with Crippen molar-refractivity contribution in [3.8, 4) is 0 Å². The first-order valence-electron chi connectivity index (χ1n) is 10.5. The number of rotatable bonds is 7. The molecule has 2 fully saturated rings. The van der Waals surface area contributed by atoms with Gasteiger partial charge in [0.25, 0.3) is 0 Å². The second-order valence-corrected chi connectivity index (χ2v) is 8.53. The molecule has 0 unspecified atom stereocenters. The van der Waals surface area contributed by atoms with Crippen LogP contribution in [0.15, 0.2) is 17.1 Å². The Morgan fingerprint density at radius 3 is 2.41 bits per heavy atom. The molecular weight excluding hydrogens is 338 g/mol. The van der Waals surface area contributed by atoms with Gasteiger partial charge in [0, 0.05) is 46.3 Å². The Morgan fingerprint density at radius 1 is 1.26 bits per heavy atom. The van der Waals surface area contributed by atoms with Gasteiger partial charge in [-0.15, -0.1) is 0 Å². The molecular formula is C21H39N5O. The van der Waals surface area contributed by atoms with Crippen LogP contribution in [-0.2, 0) is 4.79 Å². The summed E-state index contributed by atoms with van der Waals surface area (Å²) in [6.07, 6.45) is 6.37. The third-order valence-electron chi connectivity index (χ3n) is 5.73. The van der Waals surface area contributed by atoms with E-state index in [1.165, 1.54) is 5.57 Å². The van der Waals surface area contributed by atoms with Crippen molar-refractivity contribution in [1.29, 1.82) is 0 Å². The largest absolute Gasteiger partial charge is 0.357 e. The third kappa shape index (κ3) is 6.23. The van der Waals surface area contributed by atoms with Gasteiger partial charge in [0.2, 0.25) is 5.91 Å². The average Bonchev–Trinajstić information content (AvgIpc) is 3.10. The van der Waals surface area contributed by atoms with Crippen molar-refractivity contribution in [2.45, 2.75) is 58.4 Å². The minimum Gasteiger partial charge on any atom is -0.357 e. The number of hydrogen-bond acceptors (Lipinski definition) is 3. The monoisotopic (exact) mass is 377 g/mol. The second kappa shape index (κ2) is 10.1. The third-order valence-corrected chi connectivity index (χ3v) is 5.73. The van der Waals surface area contributed by atoms with E-state index < -0.39 is 0 Å². The number of piperidine rings is 1. The van der Waals surface area contributed by atoms with E-state index in [9.17, 15) is 4.79 Å². The highest BCUT2D eigenvalue weighted by Crippen LogP contribution is 2.39. The molecule has 6 heteroatoms. The maximum absolute atomic E-state index is 12.8. The number of guanidine groups is 1. The lowest BCUT2D eigenvalue weighted by atomic mass is 9.85. The van der Waals surface area contributed by atoms with Crippen LogP contribution in [0, 0.1) is 5.41 Å². The first-order valence-corrected chi connectivity index (χ1v) is 10.5. The van der Waals surface area contributed by atoms with E-state index in [-0.39, 0.29) is 11.3 Å². The fourth-order valence-corrected chi connectivity index (χ4v) is 4.33. The van der Waals surface area contributed by atoms with Gasteiger partial charge in [-0.1, -0.05) is 25.0 Å². The summed E-state index contributed by atoms with van der Waals surface area (Å²) in [5, 5.41) is 6.97. The molecule has 1 saturated carbocycles. The van der Waals surface area contributed by atoms with Crippen LogP contribution in [0.4, 0.5) is 0 Å². The van der Waals surface area contributed by atoms with Crippen molar-refractivity contribution in [3.05, 3.63) is 12.2 Å². The number of nitrogens with one attached hydrogen (secondary N) is 2. The molecule has 1 saturated heterocycles. The van der Waals surface area contributed by atoms with Crippen molar-refractivity contribution in [2.75, 3.05) is 46.8 Å². The fourth-order valence-electron chi connectivity index (χ4n) is 4.33. The Kier molecular flexibility index (Phi) is 8.14. The van der Waals surface area contributed by atoms with Crippen LogP contribution in [0.1, 0.15) is 52.4 Å². The Labute approximate surface area is 165 Å². The molecule has 6 nitrogen and oxygen atoms in total. The predicted molar refractivity (Wildman–Crippen MR) is 113 cm³/mol. The highest BCUT2D eigenvalue weighted by molar-refractivity contribution is 5.84. The number of amides is 1. The van der Waals surface area contributed by atoms with Crippen LogP contribution in [0.5, 0.6) is 0 Å². The molecule has 1 aliphatic heterocycles. The molecule has 1 aliphatic carbocycles. The molecule has 0 spiro atoms. The fraction of sp³-hybridized carbons (Fsp3) is 0.810. The highest BCUT2D eigenvalue weighted by Gasteiger charge is 2.42. The van der Waals surface area contributed by atoms with Crippen LogP contribution in [-0.4, -0.2) is 74.5 Å². The van der Waals surface area contributed by atoms with Gasteiger partial charge >= 0.3 is 0 Å². The summed E-state index contributed by atoms with van der Waals surface area (Å²) in [7, 11) is 3.71. The van der Waals surface area contributed by atoms with Gasteiger partial charge in [-0.25, -0.2) is 0 Å². The minimum absolute atomic E-state index is 0.229. The van der Waals surface area contributed by atoms with E-state index >= 15 is 0 Å². The molecule has 0 aromatic rings.